The van der Waals surface area contributed by atoms with Crippen LogP contribution in [0.2, 0.25) is 0 Å². The first kappa shape index (κ1) is 13.3. The van der Waals surface area contributed by atoms with E-state index in [2.05, 4.69) is 5.32 Å². The van der Waals surface area contributed by atoms with Gasteiger partial charge in [0.15, 0.2) is 0 Å². The third-order valence-corrected chi connectivity index (χ3v) is 5.87. The van der Waals surface area contributed by atoms with Gasteiger partial charge in [0.25, 0.3) is 0 Å². The molecule has 0 radical (unpaired) electrons. The molecule has 0 heterocycles. The summed E-state index contributed by atoms with van der Waals surface area (Å²) in [6, 6.07) is 9.15. The molecule has 0 aromatic heterocycles. The van der Waals surface area contributed by atoms with E-state index >= 15 is 0 Å². The lowest BCUT2D eigenvalue weighted by Gasteiger charge is -2.57. The molecule has 4 bridgehead atoms. The van der Waals surface area contributed by atoms with Crippen molar-refractivity contribution in [1.29, 1.82) is 0 Å². The van der Waals surface area contributed by atoms with Gasteiger partial charge in [0.2, 0.25) is 5.91 Å². The Hall–Kier alpha value is -1.35. The lowest BCUT2D eigenvalue weighted by atomic mass is 9.53. The summed E-state index contributed by atoms with van der Waals surface area (Å²) in [4.78, 5) is 12.6. The average molecular weight is 284 g/mol. The van der Waals surface area contributed by atoms with E-state index in [1.54, 1.807) is 0 Å². The van der Waals surface area contributed by atoms with Gasteiger partial charge in [-0.15, -0.1) is 0 Å². The molecule has 0 saturated heterocycles. The molecule has 4 aliphatic carbocycles. The average Bonchev–Trinajstić information content (AvgIpc) is 2.45. The van der Waals surface area contributed by atoms with Crippen molar-refractivity contribution in [3.8, 4) is 0 Å². The molecule has 4 saturated carbocycles. The largest absolute Gasteiger partial charge is 0.349 e. The Kier molecular flexibility index (Phi) is 3.07. The van der Waals surface area contributed by atoms with Gasteiger partial charge in [0.05, 0.1) is 0 Å². The van der Waals surface area contributed by atoms with Crippen molar-refractivity contribution in [3.63, 3.8) is 0 Å². The molecule has 0 spiro atoms. The molecular weight excluding hydrogens is 260 g/mol. The molecule has 21 heavy (non-hydrogen) atoms. The molecule has 3 N–H and O–H groups in total. The first-order valence-electron chi connectivity index (χ1n) is 8.26. The van der Waals surface area contributed by atoms with E-state index < -0.39 is 6.04 Å². The predicted molar refractivity (Wildman–Crippen MR) is 82.4 cm³/mol. The Bertz CT molecular complexity index is 504. The fourth-order valence-corrected chi connectivity index (χ4v) is 5.41. The second-order valence-electron chi connectivity index (χ2n) is 7.58. The number of carbonyl (C=O) groups is 1. The van der Waals surface area contributed by atoms with Gasteiger partial charge in [0, 0.05) is 5.54 Å². The maximum absolute atomic E-state index is 12.6. The summed E-state index contributed by atoms with van der Waals surface area (Å²) in [5.41, 5.74) is 7.11. The Morgan fingerprint density at radius 2 is 1.57 bits per heavy atom. The summed E-state index contributed by atoms with van der Waals surface area (Å²) >= 11 is 0. The smallest absolute Gasteiger partial charge is 0.241 e. The topological polar surface area (TPSA) is 55.1 Å². The molecule has 1 atom stereocenters. The fourth-order valence-electron chi connectivity index (χ4n) is 5.41. The Balaban J connectivity index is 1.49. The SMILES string of the molecule is N[C@H](C(=O)NC12CC3CC(CC(C3)C1)C2)c1ccccc1. The lowest BCUT2D eigenvalue weighted by Crippen LogP contribution is -2.61. The van der Waals surface area contributed by atoms with Crippen molar-refractivity contribution in [2.45, 2.75) is 50.1 Å². The Morgan fingerprint density at radius 3 is 2.10 bits per heavy atom. The highest BCUT2D eigenvalue weighted by Crippen LogP contribution is 2.55. The first-order valence-corrected chi connectivity index (χ1v) is 8.26. The van der Waals surface area contributed by atoms with Gasteiger partial charge in [-0.1, -0.05) is 30.3 Å². The molecule has 0 unspecified atom stereocenters. The van der Waals surface area contributed by atoms with Crippen molar-refractivity contribution in [2.24, 2.45) is 23.5 Å². The number of rotatable bonds is 3. The highest BCUT2D eigenvalue weighted by atomic mass is 16.2. The zero-order valence-electron chi connectivity index (χ0n) is 12.4. The normalized spacial score (nSPS) is 38.2. The van der Waals surface area contributed by atoms with Gasteiger partial charge < -0.3 is 11.1 Å². The van der Waals surface area contributed by atoms with Crippen molar-refractivity contribution in [1.82, 2.24) is 5.32 Å². The minimum Gasteiger partial charge on any atom is -0.349 e. The maximum atomic E-state index is 12.6. The molecule has 3 nitrogen and oxygen atoms in total. The van der Waals surface area contributed by atoms with Gasteiger partial charge in [-0.3, -0.25) is 4.79 Å². The second kappa shape index (κ2) is 4.84. The van der Waals surface area contributed by atoms with E-state index in [0.29, 0.717) is 0 Å². The number of nitrogens with one attached hydrogen (secondary N) is 1. The first-order chi connectivity index (χ1) is 10.1. The molecule has 0 aliphatic heterocycles. The fraction of sp³-hybridized carbons (Fsp3) is 0.611. The van der Waals surface area contributed by atoms with E-state index in [1.807, 2.05) is 30.3 Å². The van der Waals surface area contributed by atoms with E-state index in [4.69, 9.17) is 5.73 Å². The third-order valence-electron chi connectivity index (χ3n) is 5.87. The maximum Gasteiger partial charge on any atom is 0.241 e. The van der Waals surface area contributed by atoms with E-state index in [9.17, 15) is 4.79 Å². The molecule has 1 aromatic carbocycles. The third kappa shape index (κ3) is 2.38. The van der Waals surface area contributed by atoms with Crippen LogP contribution in [-0.2, 0) is 4.79 Å². The summed E-state index contributed by atoms with van der Waals surface area (Å²) in [6.45, 7) is 0. The van der Waals surface area contributed by atoms with Crippen LogP contribution in [-0.4, -0.2) is 11.4 Å². The zero-order chi connectivity index (χ0) is 14.4. The van der Waals surface area contributed by atoms with Crippen molar-refractivity contribution in [3.05, 3.63) is 35.9 Å². The van der Waals surface area contributed by atoms with Crippen LogP contribution in [0.25, 0.3) is 0 Å². The number of hydrogen-bond acceptors (Lipinski definition) is 2. The molecule has 3 heteroatoms. The van der Waals surface area contributed by atoms with Crippen molar-refractivity contribution in [2.75, 3.05) is 0 Å². The molecular formula is C18H24N2O. The summed E-state index contributed by atoms with van der Waals surface area (Å²) in [7, 11) is 0. The molecule has 4 aliphatic rings. The van der Waals surface area contributed by atoms with Gasteiger partial charge in [0.1, 0.15) is 6.04 Å². The summed E-state index contributed by atoms with van der Waals surface area (Å²) in [5, 5.41) is 3.36. The molecule has 112 valence electrons. The van der Waals surface area contributed by atoms with Crippen LogP contribution in [0, 0.1) is 17.8 Å². The Morgan fingerprint density at radius 1 is 1.05 bits per heavy atom. The molecule has 1 aromatic rings. The Labute approximate surface area is 126 Å². The van der Waals surface area contributed by atoms with E-state index in [0.717, 1.165) is 23.3 Å². The minimum atomic E-state index is -0.542. The quantitative estimate of drug-likeness (QED) is 0.896. The molecule has 4 fully saturated rings. The van der Waals surface area contributed by atoms with Gasteiger partial charge in [-0.2, -0.15) is 0 Å². The van der Waals surface area contributed by atoms with Crippen LogP contribution in [0.5, 0.6) is 0 Å². The van der Waals surface area contributed by atoms with Crippen LogP contribution in [0.1, 0.15) is 50.1 Å². The van der Waals surface area contributed by atoms with Gasteiger partial charge in [-0.25, -0.2) is 0 Å². The van der Waals surface area contributed by atoms with Crippen LogP contribution in [0.4, 0.5) is 0 Å². The summed E-state index contributed by atoms with van der Waals surface area (Å²) in [6.07, 6.45) is 7.68. The monoisotopic (exact) mass is 284 g/mol. The van der Waals surface area contributed by atoms with Crippen LogP contribution < -0.4 is 11.1 Å². The van der Waals surface area contributed by atoms with Crippen molar-refractivity contribution >= 4 is 5.91 Å². The highest BCUT2D eigenvalue weighted by molar-refractivity contribution is 5.83. The van der Waals surface area contributed by atoms with Crippen LogP contribution in [0.3, 0.4) is 0 Å². The van der Waals surface area contributed by atoms with E-state index in [-0.39, 0.29) is 11.4 Å². The number of carbonyl (C=O) groups excluding carboxylic acids is 1. The molecule has 1 amide bonds. The number of hydrogen-bond donors (Lipinski definition) is 2. The molecule has 5 rings (SSSR count). The van der Waals surface area contributed by atoms with Crippen LogP contribution >= 0.6 is 0 Å². The standard InChI is InChI=1S/C18H24N2O/c19-16(15-4-2-1-3-5-15)17(21)20-18-9-12-6-13(10-18)8-14(7-12)11-18/h1-5,12-14,16H,6-11,19H2,(H,20,21)/t12?,13?,14?,16-,18?/m0/s1. The zero-order valence-corrected chi connectivity index (χ0v) is 12.4. The van der Waals surface area contributed by atoms with Crippen LogP contribution in [0.15, 0.2) is 30.3 Å². The summed E-state index contributed by atoms with van der Waals surface area (Å²) < 4.78 is 0. The highest BCUT2D eigenvalue weighted by Gasteiger charge is 2.51. The van der Waals surface area contributed by atoms with Crippen molar-refractivity contribution < 1.29 is 4.79 Å². The predicted octanol–water partition coefficient (Wildman–Crippen LogP) is 2.77. The second-order valence-corrected chi connectivity index (χ2v) is 7.58. The minimum absolute atomic E-state index is 0.00292. The van der Waals surface area contributed by atoms with Gasteiger partial charge in [-0.05, 0) is 61.8 Å². The van der Waals surface area contributed by atoms with Gasteiger partial charge >= 0.3 is 0 Å². The summed E-state index contributed by atoms with van der Waals surface area (Å²) in [5.74, 6) is 2.52. The lowest BCUT2D eigenvalue weighted by molar-refractivity contribution is -0.128. The number of nitrogens with two attached hydrogens (primary N) is 1. The van der Waals surface area contributed by atoms with E-state index in [1.165, 1.54) is 38.5 Å². The number of benzene rings is 1. The number of amides is 1.